The van der Waals surface area contributed by atoms with Gasteiger partial charge in [-0.1, -0.05) is 69.6 Å². The molecule has 0 radical (unpaired) electrons. The first kappa shape index (κ1) is 34.2. The van der Waals surface area contributed by atoms with Gasteiger partial charge in [-0.3, -0.25) is 19.2 Å². The Morgan fingerprint density at radius 3 is 1.07 bits per heavy atom. The van der Waals surface area contributed by atoms with Gasteiger partial charge in [-0.05, 0) is 0 Å². The van der Waals surface area contributed by atoms with E-state index in [1.807, 2.05) is 0 Å². The van der Waals surface area contributed by atoms with E-state index in [1.54, 1.807) is 0 Å². The number of hydrogen-bond acceptors (Lipinski definition) is 12. The fourth-order valence-corrected chi connectivity index (χ4v) is 7.29. The van der Waals surface area contributed by atoms with E-state index in [1.165, 1.54) is 12.4 Å². The second kappa shape index (κ2) is 13.8. The summed E-state index contributed by atoms with van der Waals surface area (Å²) in [6, 6.07) is 0. The number of nitrogens with zero attached hydrogens (tertiary/aromatic N) is 2. The first-order chi connectivity index (χ1) is 20.6. The zero-order valence-electron chi connectivity index (χ0n) is 22.4. The maximum atomic E-state index is 11.9. The van der Waals surface area contributed by atoms with Crippen LogP contribution in [0.1, 0.15) is 27.7 Å². The van der Waals surface area contributed by atoms with Crippen LogP contribution in [0.25, 0.3) is 30.9 Å². The van der Waals surface area contributed by atoms with Gasteiger partial charge in [0.1, 0.15) is 20.1 Å². The Hall–Kier alpha value is -2.68. The predicted octanol–water partition coefficient (Wildman–Crippen LogP) is 9.22. The highest BCUT2D eigenvalue weighted by Gasteiger charge is 2.30. The van der Waals surface area contributed by atoms with Crippen molar-refractivity contribution < 1.29 is 38.1 Å². The van der Waals surface area contributed by atoms with Crippen molar-refractivity contribution >= 4 is 116 Å². The van der Waals surface area contributed by atoms with Gasteiger partial charge < -0.3 is 18.9 Å². The van der Waals surface area contributed by atoms with Gasteiger partial charge in [0.2, 0.25) is 0 Å². The third kappa shape index (κ3) is 6.92. The minimum atomic E-state index is -0.720. The SMILES string of the molecule is CC(=O)Oc1c(Cl)c(Cl)c(OC(C)=O)c(-c2cnc(-c3ncc(-c4c(Cl)c(OC(C)=O)c(Cl)c(Cl)c4OC(C)=O)s3)s2)c1Cl. The van der Waals surface area contributed by atoms with Crippen molar-refractivity contribution in [3.05, 3.63) is 42.5 Å². The van der Waals surface area contributed by atoms with E-state index in [4.69, 9.17) is 88.6 Å². The molecular weight excluding hydrogens is 745 g/mol. The molecule has 0 saturated heterocycles. The van der Waals surface area contributed by atoms with Gasteiger partial charge >= 0.3 is 23.9 Å². The molecule has 0 amide bonds. The normalized spacial score (nSPS) is 10.9. The van der Waals surface area contributed by atoms with E-state index in [0.717, 1.165) is 50.4 Å². The molecule has 0 bridgehead atoms. The van der Waals surface area contributed by atoms with E-state index in [0.29, 0.717) is 19.8 Å². The summed E-state index contributed by atoms with van der Waals surface area (Å²) in [6.07, 6.45) is 2.82. The fraction of sp³-hybridized carbons (Fsp3) is 0.154. The molecule has 2 aromatic carbocycles. The van der Waals surface area contributed by atoms with Crippen LogP contribution >= 0.6 is 92.3 Å². The van der Waals surface area contributed by atoms with Crippen molar-refractivity contribution in [1.82, 2.24) is 9.97 Å². The molecule has 2 aromatic heterocycles. The topological polar surface area (TPSA) is 131 Å². The number of esters is 4. The first-order valence-corrected chi connectivity index (χ1v) is 15.6. The highest BCUT2D eigenvalue weighted by molar-refractivity contribution is 7.24. The van der Waals surface area contributed by atoms with Crippen LogP contribution in [0.2, 0.25) is 30.1 Å². The van der Waals surface area contributed by atoms with Gasteiger partial charge in [0, 0.05) is 40.1 Å². The Kier molecular flexibility index (Phi) is 10.7. The van der Waals surface area contributed by atoms with Crippen LogP contribution < -0.4 is 18.9 Å². The molecule has 0 spiro atoms. The quantitative estimate of drug-likeness (QED) is 0.102. The minimum absolute atomic E-state index is 0.0868. The highest BCUT2D eigenvalue weighted by atomic mass is 35.5. The summed E-state index contributed by atoms with van der Waals surface area (Å²) < 4.78 is 21.0. The van der Waals surface area contributed by atoms with Crippen LogP contribution in [0.4, 0.5) is 0 Å². The predicted molar refractivity (Wildman–Crippen MR) is 169 cm³/mol. The molecule has 4 aromatic rings. The molecule has 230 valence electrons. The fourth-order valence-electron chi connectivity index (χ4n) is 3.60. The van der Waals surface area contributed by atoms with Gasteiger partial charge in [0.15, 0.2) is 33.0 Å². The monoisotopic (exact) mass is 756 g/mol. The van der Waals surface area contributed by atoms with Crippen LogP contribution in [0, 0.1) is 0 Å². The van der Waals surface area contributed by atoms with E-state index in [9.17, 15) is 19.2 Å². The molecular formula is C26H14Cl6N2O8S2. The number of carbonyl (C=O) groups is 4. The van der Waals surface area contributed by atoms with E-state index < -0.39 is 23.9 Å². The molecule has 2 heterocycles. The molecule has 0 saturated carbocycles. The van der Waals surface area contributed by atoms with Crippen LogP contribution in [-0.2, 0) is 19.2 Å². The summed E-state index contributed by atoms with van der Waals surface area (Å²) in [7, 11) is 0. The van der Waals surface area contributed by atoms with Crippen molar-refractivity contribution in [3.63, 3.8) is 0 Å². The van der Waals surface area contributed by atoms with Crippen molar-refractivity contribution in [2.45, 2.75) is 27.7 Å². The zero-order chi connectivity index (χ0) is 32.6. The lowest BCUT2D eigenvalue weighted by molar-refractivity contribution is -0.133. The van der Waals surface area contributed by atoms with Crippen LogP contribution in [0.5, 0.6) is 23.0 Å². The average Bonchev–Trinajstić information content (AvgIpc) is 3.60. The molecule has 4 rings (SSSR count). The first-order valence-electron chi connectivity index (χ1n) is 11.7. The second-order valence-corrected chi connectivity index (χ2v) is 12.7. The van der Waals surface area contributed by atoms with E-state index >= 15 is 0 Å². The number of benzene rings is 2. The molecule has 0 aliphatic carbocycles. The van der Waals surface area contributed by atoms with E-state index in [-0.39, 0.29) is 64.3 Å². The smallest absolute Gasteiger partial charge is 0.308 e. The van der Waals surface area contributed by atoms with Gasteiger partial charge in [-0.25, -0.2) is 9.97 Å². The minimum Gasteiger partial charge on any atom is -0.424 e. The summed E-state index contributed by atoms with van der Waals surface area (Å²) in [5, 5.41) is -0.536. The average molecular weight is 759 g/mol. The number of aromatic nitrogens is 2. The Labute approximate surface area is 286 Å². The number of thiazole rings is 2. The summed E-state index contributed by atoms with van der Waals surface area (Å²) in [6.45, 7) is 4.60. The number of halogens is 6. The number of rotatable bonds is 7. The number of carbonyl (C=O) groups excluding carboxylic acids is 4. The molecule has 18 heteroatoms. The molecule has 0 N–H and O–H groups in total. The lowest BCUT2D eigenvalue weighted by Gasteiger charge is -2.16. The lowest BCUT2D eigenvalue weighted by Crippen LogP contribution is -2.07. The van der Waals surface area contributed by atoms with Crippen molar-refractivity contribution in [2.24, 2.45) is 0 Å². The molecule has 44 heavy (non-hydrogen) atoms. The van der Waals surface area contributed by atoms with Crippen LogP contribution in [0.15, 0.2) is 12.4 Å². The Morgan fingerprint density at radius 2 is 0.773 bits per heavy atom. The molecule has 0 fully saturated rings. The Bertz CT molecular complexity index is 1740. The molecule has 0 aliphatic heterocycles. The molecule has 0 atom stereocenters. The Balaban J connectivity index is 1.87. The van der Waals surface area contributed by atoms with Crippen molar-refractivity contribution in [2.75, 3.05) is 0 Å². The van der Waals surface area contributed by atoms with E-state index in [2.05, 4.69) is 9.97 Å². The van der Waals surface area contributed by atoms with Gasteiger partial charge in [-0.2, -0.15) is 0 Å². The number of ether oxygens (including phenoxy) is 4. The van der Waals surface area contributed by atoms with Crippen LogP contribution in [-0.4, -0.2) is 33.8 Å². The maximum absolute atomic E-state index is 11.9. The van der Waals surface area contributed by atoms with Gasteiger partial charge in [-0.15, -0.1) is 22.7 Å². The van der Waals surface area contributed by atoms with Crippen LogP contribution in [0.3, 0.4) is 0 Å². The third-order valence-corrected chi connectivity index (χ3v) is 9.67. The highest BCUT2D eigenvalue weighted by Crippen LogP contribution is 2.55. The second-order valence-electron chi connectivity index (χ2n) is 8.38. The number of hydrogen-bond donors (Lipinski definition) is 0. The largest absolute Gasteiger partial charge is 0.424 e. The molecule has 0 unspecified atom stereocenters. The summed E-state index contributed by atoms with van der Waals surface area (Å²) in [5.74, 6) is -3.70. The lowest BCUT2D eigenvalue weighted by atomic mass is 10.1. The standard InChI is InChI=1S/C26H14Cl6N2O8S2/c1-7(35)39-21-13(15(27)23(41-9(3)37)19(31)17(21)29)11-5-33-25(43-11)26-34-6-12(44-26)14-16(28)24(42-10(4)38)20(32)18(30)22(14)40-8(2)36/h5-6H,1-4H3. The molecule has 0 aliphatic rings. The van der Waals surface area contributed by atoms with Crippen molar-refractivity contribution in [3.8, 4) is 53.9 Å². The van der Waals surface area contributed by atoms with Gasteiger partial charge in [0.05, 0.1) is 30.9 Å². The third-order valence-electron chi connectivity index (χ3n) is 5.14. The Morgan fingerprint density at radius 1 is 0.500 bits per heavy atom. The summed E-state index contributed by atoms with van der Waals surface area (Å²) in [4.78, 5) is 56.7. The zero-order valence-corrected chi connectivity index (χ0v) is 28.6. The maximum Gasteiger partial charge on any atom is 0.308 e. The van der Waals surface area contributed by atoms with Crippen molar-refractivity contribution in [1.29, 1.82) is 0 Å². The summed E-state index contributed by atoms with van der Waals surface area (Å²) in [5.41, 5.74) is 0.174. The van der Waals surface area contributed by atoms with Gasteiger partial charge in [0.25, 0.3) is 0 Å². The molecule has 10 nitrogen and oxygen atoms in total. The summed E-state index contributed by atoms with van der Waals surface area (Å²) >= 11 is 40.6.